The van der Waals surface area contributed by atoms with Gasteiger partial charge in [-0.2, -0.15) is 5.10 Å². The number of carbonyl (C=O) groups excluding carboxylic acids is 1. The number of pyridine rings is 1. The zero-order valence-corrected chi connectivity index (χ0v) is 14.0. The summed E-state index contributed by atoms with van der Waals surface area (Å²) in [6.45, 7) is 5.43. The van der Waals surface area contributed by atoms with Crippen molar-refractivity contribution in [1.29, 1.82) is 0 Å². The van der Waals surface area contributed by atoms with E-state index in [9.17, 15) is 9.18 Å². The van der Waals surface area contributed by atoms with E-state index in [-0.39, 0.29) is 6.54 Å². The lowest BCUT2D eigenvalue weighted by Gasteiger charge is -2.26. The molecule has 0 saturated heterocycles. The molecule has 0 atom stereocenters. The monoisotopic (exact) mass is 370 g/mol. The first-order valence-electron chi connectivity index (χ1n) is 6.55. The van der Waals surface area contributed by atoms with Crippen LogP contribution in [0.15, 0.2) is 29.3 Å². The summed E-state index contributed by atoms with van der Waals surface area (Å²) in [5.41, 5.74) is 0.392. The minimum atomic E-state index is -0.647. The second kappa shape index (κ2) is 6.43. The van der Waals surface area contributed by atoms with E-state index < -0.39 is 17.5 Å². The van der Waals surface area contributed by atoms with Crippen molar-refractivity contribution in [3.8, 4) is 0 Å². The number of anilines is 1. The maximum absolute atomic E-state index is 13.3. The van der Waals surface area contributed by atoms with Crippen LogP contribution in [0.4, 0.5) is 14.9 Å². The summed E-state index contributed by atoms with van der Waals surface area (Å²) in [4.78, 5) is 17.6. The first kappa shape index (κ1) is 16.4. The predicted octanol–water partition coefficient (Wildman–Crippen LogP) is 3.65. The van der Waals surface area contributed by atoms with Crippen LogP contribution in [-0.2, 0) is 11.3 Å². The summed E-state index contributed by atoms with van der Waals surface area (Å²) in [5, 5.41) is 6.59. The van der Waals surface area contributed by atoms with E-state index >= 15 is 0 Å². The Labute approximate surface area is 135 Å². The highest BCUT2D eigenvalue weighted by molar-refractivity contribution is 9.10. The number of carbonyl (C=O) groups is 1. The smallest absolute Gasteiger partial charge is 0.415 e. The lowest BCUT2D eigenvalue weighted by molar-refractivity contribution is 0.0577. The van der Waals surface area contributed by atoms with E-state index in [1.165, 1.54) is 17.2 Å². The van der Waals surface area contributed by atoms with Crippen molar-refractivity contribution < 1.29 is 13.9 Å². The molecular weight excluding hydrogens is 355 g/mol. The van der Waals surface area contributed by atoms with Gasteiger partial charge in [-0.15, -0.1) is 0 Å². The molecule has 0 aromatic carbocycles. The molecule has 2 rings (SSSR count). The molecule has 0 unspecified atom stereocenters. The standard InChI is InChI=1S/C14H16BrFN4O2/c1-14(2,3)22-13(21)20(11-7-18-19-12(11)15)8-9-4-10(16)6-17-5-9/h4-7H,8H2,1-3H3,(H,18,19). The number of ether oxygens (including phenoxy) is 1. The topological polar surface area (TPSA) is 71.1 Å². The number of hydrogen-bond donors (Lipinski definition) is 1. The molecule has 2 heterocycles. The van der Waals surface area contributed by atoms with Gasteiger partial charge in [-0.3, -0.25) is 15.0 Å². The van der Waals surface area contributed by atoms with Crippen LogP contribution in [0, 0.1) is 5.82 Å². The van der Waals surface area contributed by atoms with Crippen LogP contribution in [0.1, 0.15) is 26.3 Å². The fourth-order valence-electron chi connectivity index (χ4n) is 1.75. The molecular formula is C14H16BrFN4O2. The molecule has 0 radical (unpaired) electrons. The molecule has 0 aliphatic rings. The number of halogens is 2. The zero-order chi connectivity index (χ0) is 16.3. The summed E-state index contributed by atoms with van der Waals surface area (Å²) in [7, 11) is 0. The zero-order valence-electron chi connectivity index (χ0n) is 12.4. The average molecular weight is 371 g/mol. The molecule has 1 amide bonds. The third-order valence-corrected chi connectivity index (χ3v) is 3.17. The Morgan fingerprint density at radius 1 is 1.45 bits per heavy atom. The summed E-state index contributed by atoms with van der Waals surface area (Å²) in [6.07, 6.45) is 3.60. The van der Waals surface area contributed by atoms with E-state index in [0.717, 1.165) is 6.20 Å². The molecule has 0 saturated carbocycles. The van der Waals surface area contributed by atoms with Crippen molar-refractivity contribution in [1.82, 2.24) is 15.2 Å². The van der Waals surface area contributed by atoms with Crippen molar-refractivity contribution >= 4 is 27.7 Å². The van der Waals surface area contributed by atoms with Gasteiger partial charge in [0.2, 0.25) is 0 Å². The molecule has 22 heavy (non-hydrogen) atoms. The van der Waals surface area contributed by atoms with Gasteiger partial charge < -0.3 is 4.74 Å². The fraction of sp³-hybridized carbons (Fsp3) is 0.357. The molecule has 0 spiro atoms. The fourth-order valence-corrected chi connectivity index (χ4v) is 2.18. The van der Waals surface area contributed by atoms with Crippen LogP contribution < -0.4 is 4.90 Å². The third kappa shape index (κ3) is 4.27. The lowest BCUT2D eigenvalue weighted by atomic mass is 10.2. The van der Waals surface area contributed by atoms with Crippen LogP contribution in [0.25, 0.3) is 0 Å². The largest absolute Gasteiger partial charge is 0.443 e. The molecule has 0 aliphatic heterocycles. The Hall–Kier alpha value is -1.96. The van der Waals surface area contributed by atoms with Gasteiger partial charge in [-0.25, -0.2) is 9.18 Å². The van der Waals surface area contributed by atoms with E-state index in [4.69, 9.17) is 4.74 Å². The highest BCUT2D eigenvalue weighted by Gasteiger charge is 2.26. The molecule has 1 N–H and O–H groups in total. The van der Waals surface area contributed by atoms with Gasteiger partial charge in [0.1, 0.15) is 11.4 Å². The van der Waals surface area contributed by atoms with Crippen LogP contribution >= 0.6 is 15.9 Å². The Balaban J connectivity index is 2.30. The quantitative estimate of drug-likeness (QED) is 0.894. The molecule has 6 nitrogen and oxygen atoms in total. The van der Waals surface area contributed by atoms with Crippen LogP contribution in [0.3, 0.4) is 0 Å². The highest BCUT2D eigenvalue weighted by Crippen LogP contribution is 2.26. The summed E-state index contributed by atoms with van der Waals surface area (Å²) < 4.78 is 19.1. The molecule has 0 bridgehead atoms. The normalized spacial score (nSPS) is 11.3. The van der Waals surface area contributed by atoms with Gasteiger partial charge in [0.05, 0.1) is 18.4 Å². The average Bonchev–Trinajstić information content (AvgIpc) is 2.80. The second-order valence-electron chi connectivity index (χ2n) is 5.64. The summed E-state index contributed by atoms with van der Waals surface area (Å²) in [5.74, 6) is -0.465. The van der Waals surface area contributed by atoms with Crippen molar-refractivity contribution in [2.45, 2.75) is 32.9 Å². The van der Waals surface area contributed by atoms with Gasteiger partial charge >= 0.3 is 6.09 Å². The summed E-state index contributed by atoms with van der Waals surface area (Å²) in [6, 6.07) is 1.32. The van der Waals surface area contributed by atoms with Crippen molar-refractivity contribution in [3.63, 3.8) is 0 Å². The predicted molar refractivity (Wildman–Crippen MR) is 82.9 cm³/mol. The molecule has 118 valence electrons. The number of rotatable bonds is 3. The molecule has 8 heteroatoms. The third-order valence-electron chi connectivity index (χ3n) is 2.58. The van der Waals surface area contributed by atoms with Crippen molar-refractivity contribution in [2.75, 3.05) is 4.90 Å². The maximum Gasteiger partial charge on any atom is 0.415 e. The number of aromatic amines is 1. The molecule has 2 aromatic heterocycles. The molecule has 0 fully saturated rings. The van der Waals surface area contributed by atoms with Gasteiger partial charge in [-0.1, -0.05) is 0 Å². The van der Waals surface area contributed by atoms with Gasteiger partial charge in [0.15, 0.2) is 4.60 Å². The number of nitrogens with zero attached hydrogens (tertiary/aromatic N) is 3. The highest BCUT2D eigenvalue weighted by atomic mass is 79.9. The lowest BCUT2D eigenvalue weighted by Crippen LogP contribution is -2.36. The van der Waals surface area contributed by atoms with E-state index in [0.29, 0.717) is 15.9 Å². The first-order valence-corrected chi connectivity index (χ1v) is 7.35. The van der Waals surface area contributed by atoms with Crippen LogP contribution in [0.5, 0.6) is 0 Å². The SMILES string of the molecule is CC(C)(C)OC(=O)N(Cc1cncc(F)c1)c1c[nH]nc1Br. The van der Waals surface area contributed by atoms with Crippen molar-refractivity contribution in [2.24, 2.45) is 0 Å². The maximum atomic E-state index is 13.3. The van der Waals surface area contributed by atoms with Gasteiger partial charge in [0.25, 0.3) is 0 Å². The number of aromatic nitrogens is 3. The van der Waals surface area contributed by atoms with Crippen LogP contribution in [-0.4, -0.2) is 26.9 Å². The number of H-pyrrole nitrogens is 1. The number of amides is 1. The molecule has 2 aromatic rings. The Morgan fingerprint density at radius 3 is 2.73 bits per heavy atom. The Kier molecular flexibility index (Phi) is 4.80. The van der Waals surface area contributed by atoms with Gasteiger partial charge in [-0.05, 0) is 48.3 Å². The van der Waals surface area contributed by atoms with Crippen molar-refractivity contribution in [3.05, 3.63) is 40.6 Å². The molecule has 0 aliphatic carbocycles. The van der Waals surface area contributed by atoms with Gasteiger partial charge in [0, 0.05) is 12.4 Å². The van der Waals surface area contributed by atoms with E-state index in [1.54, 1.807) is 27.0 Å². The van der Waals surface area contributed by atoms with E-state index in [1.807, 2.05) is 0 Å². The minimum Gasteiger partial charge on any atom is -0.443 e. The summed E-state index contributed by atoms with van der Waals surface area (Å²) >= 11 is 3.26. The number of hydrogen-bond acceptors (Lipinski definition) is 4. The number of nitrogens with one attached hydrogen (secondary N) is 1. The van der Waals surface area contributed by atoms with Crippen LogP contribution in [0.2, 0.25) is 0 Å². The Morgan fingerprint density at radius 2 is 2.18 bits per heavy atom. The first-order chi connectivity index (χ1) is 10.3. The second-order valence-corrected chi connectivity index (χ2v) is 6.39. The minimum absolute atomic E-state index is 0.109. The Bertz CT molecular complexity index is 669. The van der Waals surface area contributed by atoms with E-state index in [2.05, 4.69) is 31.1 Å².